The number of fused-ring (bicyclic) bond motifs is 3. The molecule has 1 heterocycles. The zero-order chi connectivity index (χ0) is 47.1. The van der Waals surface area contributed by atoms with Gasteiger partial charge in [-0.3, -0.25) is 0 Å². The number of para-hydroxylation sites is 2. The highest BCUT2D eigenvalue weighted by atomic mass is 16.3. The molecule has 0 unspecified atom stereocenters. The van der Waals surface area contributed by atoms with Gasteiger partial charge in [-0.15, -0.1) is 0 Å². The van der Waals surface area contributed by atoms with Gasteiger partial charge < -0.3 is 14.2 Å². The van der Waals surface area contributed by atoms with Crippen LogP contribution in [0.5, 0.6) is 0 Å². The van der Waals surface area contributed by atoms with Crippen molar-refractivity contribution in [3.8, 4) is 0 Å². The number of nitrogens with zero attached hydrogens (tertiary/aromatic N) is 2. The van der Waals surface area contributed by atoms with Crippen LogP contribution in [-0.2, 0) is 10.8 Å². The van der Waals surface area contributed by atoms with E-state index in [4.69, 9.17) is 4.42 Å². The number of anilines is 6. The van der Waals surface area contributed by atoms with Gasteiger partial charge in [-0.1, -0.05) is 161 Å². The van der Waals surface area contributed by atoms with E-state index in [1.807, 2.05) is 0 Å². The normalized spacial score (nSPS) is 14.4. The molecule has 1 aromatic heterocycles. The second-order valence-electron chi connectivity index (χ2n) is 21.2. The average Bonchev–Trinajstić information content (AvgIpc) is 3.98. The zero-order valence-electron chi connectivity index (χ0n) is 39.9. The maximum Gasteiger partial charge on any atom is 0.135 e. The van der Waals surface area contributed by atoms with Crippen LogP contribution < -0.4 is 9.80 Å². The van der Waals surface area contributed by atoms with Crippen molar-refractivity contribution in [1.29, 1.82) is 0 Å². The molecule has 0 spiro atoms. The van der Waals surface area contributed by atoms with Crippen LogP contribution in [0.2, 0.25) is 0 Å². The first-order valence-corrected chi connectivity index (χ1v) is 25.0. The van der Waals surface area contributed by atoms with E-state index >= 15 is 0 Å². The molecule has 0 N–H and O–H groups in total. The lowest BCUT2D eigenvalue weighted by atomic mass is 9.81. The summed E-state index contributed by atoms with van der Waals surface area (Å²) in [5, 5.41) is 20.3. The Kier molecular flexibility index (Phi) is 7.49. The first-order valence-electron chi connectivity index (χ1n) is 25.0. The summed E-state index contributed by atoms with van der Waals surface area (Å²) in [6, 6.07) is 77.5. The van der Waals surface area contributed by atoms with E-state index in [1.165, 1.54) is 97.7 Å². The molecule has 0 aliphatic heterocycles. The molecule has 0 atom stereocenters. The fraction of sp³-hybridized carbons (Fsp3) is 0.0882. The van der Waals surface area contributed by atoms with Crippen molar-refractivity contribution in [3.63, 3.8) is 0 Å². The van der Waals surface area contributed by atoms with Crippen molar-refractivity contribution in [1.82, 2.24) is 0 Å². The summed E-state index contributed by atoms with van der Waals surface area (Å²) >= 11 is 0. The smallest absolute Gasteiger partial charge is 0.135 e. The Bertz CT molecular complexity index is 4650. The van der Waals surface area contributed by atoms with Crippen LogP contribution in [0.1, 0.15) is 49.9 Å². The Hall–Kier alpha value is -8.66. The molecule has 3 nitrogen and oxygen atoms in total. The zero-order valence-corrected chi connectivity index (χ0v) is 39.9. The molecule has 14 aromatic rings. The summed E-state index contributed by atoms with van der Waals surface area (Å²) in [6.45, 7) is 9.58. The Balaban J connectivity index is 0.950. The first kappa shape index (κ1) is 39.2. The van der Waals surface area contributed by atoms with Crippen molar-refractivity contribution in [2.24, 2.45) is 0 Å². The van der Waals surface area contributed by atoms with Gasteiger partial charge in [0.05, 0.1) is 11.4 Å². The highest BCUT2D eigenvalue weighted by Crippen LogP contribution is 2.55. The van der Waals surface area contributed by atoms with Crippen molar-refractivity contribution in [2.45, 2.75) is 38.5 Å². The van der Waals surface area contributed by atoms with Gasteiger partial charge in [0.2, 0.25) is 0 Å². The fourth-order valence-electron chi connectivity index (χ4n) is 13.5. The molecule has 3 heteroatoms. The lowest BCUT2D eigenvalue weighted by Gasteiger charge is -2.31. The van der Waals surface area contributed by atoms with E-state index in [9.17, 15) is 0 Å². The fourth-order valence-corrected chi connectivity index (χ4v) is 13.5. The summed E-state index contributed by atoms with van der Waals surface area (Å²) in [7, 11) is 0. The van der Waals surface area contributed by atoms with Crippen molar-refractivity contribution in [3.05, 3.63) is 229 Å². The third-order valence-corrected chi connectivity index (χ3v) is 16.8. The summed E-state index contributed by atoms with van der Waals surface area (Å²) in [4.78, 5) is 5.01. The topological polar surface area (TPSA) is 19.6 Å². The molecule has 0 saturated heterocycles. The van der Waals surface area contributed by atoms with Gasteiger partial charge >= 0.3 is 0 Å². The van der Waals surface area contributed by atoms with Crippen LogP contribution in [-0.4, -0.2) is 0 Å². The van der Waals surface area contributed by atoms with Gasteiger partial charge in [0, 0.05) is 55.1 Å². The van der Waals surface area contributed by atoms with Crippen molar-refractivity contribution < 1.29 is 4.42 Å². The van der Waals surface area contributed by atoms with Crippen LogP contribution in [0.15, 0.2) is 211 Å². The highest BCUT2D eigenvalue weighted by Gasteiger charge is 2.37. The van der Waals surface area contributed by atoms with Crippen LogP contribution in [0.3, 0.4) is 0 Å². The minimum atomic E-state index is -0.174. The quantitative estimate of drug-likeness (QED) is 0.155. The molecule has 16 rings (SSSR count). The molecule has 13 aromatic carbocycles. The number of furan rings is 1. The Labute approximate surface area is 410 Å². The van der Waals surface area contributed by atoms with Gasteiger partial charge in [-0.25, -0.2) is 0 Å². The van der Waals surface area contributed by atoms with Gasteiger partial charge in [0.15, 0.2) is 0 Å². The Morgan fingerprint density at radius 1 is 0.282 bits per heavy atom. The number of benzene rings is 13. The molecular formula is C68H46N2O. The first-order chi connectivity index (χ1) is 34.7. The maximum absolute atomic E-state index is 6.43. The minimum absolute atomic E-state index is 0.143. The third kappa shape index (κ3) is 5.12. The van der Waals surface area contributed by atoms with Crippen LogP contribution in [0.4, 0.5) is 34.1 Å². The van der Waals surface area contributed by atoms with Gasteiger partial charge in [0.25, 0.3) is 0 Å². The van der Waals surface area contributed by atoms with Crippen molar-refractivity contribution >= 4 is 131 Å². The van der Waals surface area contributed by atoms with Gasteiger partial charge in [0.1, 0.15) is 11.2 Å². The summed E-state index contributed by atoms with van der Waals surface area (Å²) in [5.74, 6) is 0. The van der Waals surface area contributed by atoms with Gasteiger partial charge in [-0.2, -0.15) is 0 Å². The predicted molar refractivity (Wildman–Crippen MR) is 301 cm³/mol. The van der Waals surface area contributed by atoms with E-state index in [0.717, 1.165) is 56.1 Å². The molecule has 0 fully saturated rings. The molecule has 2 aliphatic rings. The lowest BCUT2D eigenvalue weighted by molar-refractivity contribution is 0.662. The third-order valence-electron chi connectivity index (χ3n) is 16.8. The molecular weight excluding hydrogens is 861 g/mol. The lowest BCUT2D eigenvalue weighted by Crippen LogP contribution is -2.17. The highest BCUT2D eigenvalue weighted by molar-refractivity contribution is 6.29. The Morgan fingerprint density at radius 3 is 1.34 bits per heavy atom. The standard InChI is InChI=1S/C68H46N2O/c1-67(2)53-17-10-12-39-20-22-43-34-47(37-55(67)65(43)63(39)53)69(45-14-6-5-7-15-45)57-31-26-41-25-30-51-58(32-27-42-24-29-50(57)61(41)62(42)51)70(46-28-33-60-52(36-46)49-16-8-9-19-59(49)71-60)48-35-44-23-21-40-13-11-18-54-64(40)66(44)56(38-48)68(54,3)4/h5-38H,1-4H3. The average molecular weight is 907 g/mol. The second-order valence-corrected chi connectivity index (χ2v) is 21.2. The summed E-state index contributed by atoms with van der Waals surface area (Å²) in [5.41, 5.74) is 13.8. The summed E-state index contributed by atoms with van der Waals surface area (Å²) in [6.07, 6.45) is 0. The van der Waals surface area contributed by atoms with Crippen LogP contribution in [0, 0.1) is 0 Å². The van der Waals surface area contributed by atoms with Crippen LogP contribution >= 0.6 is 0 Å². The molecule has 2 aliphatic carbocycles. The molecule has 334 valence electrons. The number of hydrogen-bond donors (Lipinski definition) is 0. The van der Waals surface area contributed by atoms with Gasteiger partial charge in [-0.05, 0) is 160 Å². The SMILES string of the molecule is CC1(C)c2cccc3ccc4cc(N(c5ccccc5)c5ccc6ccc7c(N(c8cc9c%10c(ccc%11cccc(c%11%10)C9(C)C)c8)c8ccc9oc%10ccccc%10c9c8)ccc8ccc5c6c87)cc1c4c23. The largest absolute Gasteiger partial charge is 0.456 e. The number of rotatable bonds is 6. The molecule has 0 radical (unpaired) electrons. The van der Waals surface area contributed by atoms with Crippen molar-refractivity contribution in [2.75, 3.05) is 9.80 Å². The van der Waals surface area contributed by atoms with E-state index in [-0.39, 0.29) is 10.8 Å². The minimum Gasteiger partial charge on any atom is -0.456 e. The number of hydrogen-bond acceptors (Lipinski definition) is 3. The summed E-state index contributed by atoms with van der Waals surface area (Å²) < 4.78 is 6.43. The van der Waals surface area contributed by atoms with E-state index in [1.54, 1.807) is 0 Å². The second kappa shape index (κ2) is 13.6. The van der Waals surface area contributed by atoms with Crippen LogP contribution in [0.25, 0.3) is 97.3 Å². The molecule has 71 heavy (non-hydrogen) atoms. The van der Waals surface area contributed by atoms with E-state index in [2.05, 4.69) is 244 Å². The molecule has 0 bridgehead atoms. The van der Waals surface area contributed by atoms with E-state index < -0.39 is 0 Å². The monoisotopic (exact) mass is 906 g/mol. The molecule has 0 saturated carbocycles. The maximum atomic E-state index is 6.43. The predicted octanol–water partition coefficient (Wildman–Crippen LogP) is 19.3. The Morgan fingerprint density at radius 2 is 0.746 bits per heavy atom. The molecule has 0 amide bonds. The van der Waals surface area contributed by atoms with E-state index in [0.29, 0.717) is 0 Å².